The lowest BCUT2D eigenvalue weighted by Gasteiger charge is -2.28. The van der Waals surface area contributed by atoms with E-state index in [1.165, 1.54) is 12.3 Å². The molecule has 0 fully saturated rings. The minimum atomic E-state index is -2.87. The minimum absolute atomic E-state index is 0.0964. The third-order valence-electron chi connectivity index (χ3n) is 12.5. The lowest BCUT2D eigenvalue weighted by Crippen LogP contribution is -2.23. The van der Waals surface area contributed by atoms with Crippen LogP contribution in [0, 0.1) is 6.85 Å². The van der Waals surface area contributed by atoms with Gasteiger partial charge in [-0.1, -0.05) is 161 Å². The number of aryl methyl sites for hydroxylation is 3. The highest BCUT2D eigenvalue weighted by Gasteiger charge is 2.26. The van der Waals surface area contributed by atoms with Crippen molar-refractivity contribution in [3.05, 3.63) is 221 Å². The number of furan rings is 1. The first-order chi connectivity index (χ1) is 33.8. The van der Waals surface area contributed by atoms with E-state index in [1.54, 1.807) is 12.1 Å². The molecule has 10 rings (SSSR count). The van der Waals surface area contributed by atoms with E-state index in [2.05, 4.69) is 45.9 Å². The summed E-state index contributed by atoms with van der Waals surface area (Å²) in [4.78, 5) is 14.4. The van der Waals surface area contributed by atoms with E-state index in [0.29, 0.717) is 35.3 Å². The molecule has 4 heterocycles. The lowest BCUT2D eigenvalue weighted by atomic mass is 9.77. The SMILES string of the molecule is [2H]C([2H])([2H])c1cc(-c2cccc3oc4c5ccccc5ccc4c23)ncc1C([2H])([2H])C([2H])([2H])c1cc(CC(C)(C)c2ccc(-c3ccccc3)nc2)cc(CC(C)(C)c2ccc(-c3ccccc3)nc2)c1. The van der Waals surface area contributed by atoms with Gasteiger partial charge in [-0.15, -0.1) is 0 Å². The zero-order chi connectivity index (χ0) is 49.9. The van der Waals surface area contributed by atoms with Crippen LogP contribution in [0.5, 0.6) is 0 Å². The van der Waals surface area contributed by atoms with Gasteiger partial charge in [0.05, 0.1) is 17.1 Å². The average Bonchev–Trinajstić information content (AvgIpc) is 3.76. The minimum Gasteiger partial charge on any atom is -0.455 e. The van der Waals surface area contributed by atoms with Crippen molar-refractivity contribution >= 4 is 32.7 Å². The van der Waals surface area contributed by atoms with E-state index >= 15 is 0 Å². The summed E-state index contributed by atoms with van der Waals surface area (Å²) in [6.45, 7) is 5.68. The van der Waals surface area contributed by atoms with Gasteiger partial charge in [0, 0.05) is 61.0 Å². The van der Waals surface area contributed by atoms with Gasteiger partial charge >= 0.3 is 0 Å². The van der Waals surface area contributed by atoms with Gasteiger partial charge in [-0.05, 0) is 118 Å². The molecule has 0 amide bonds. The molecule has 4 heteroatoms. The van der Waals surface area contributed by atoms with Gasteiger partial charge in [-0.25, -0.2) is 0 Å². The van der Waals surface area contributed by atoms with Crippen LogP contribution in [-0.2, 0) is 36.4 Å². The van der Waals surface area contributed by atoms with E-state index in [9.17, 15) is 5.48 Å². The summed E-state index contributed by atoms with van der Waals surface area (Å²) < 4.78 is 71.7. The van der Waals surface area contributed by atoms with Crippen molar-refractivity contribution in [1.29, 1.82) is 0 Å². The molecular weight excluding hydrogens is 779 g/mol. The highest BCUT2D eigenvalue weighted by atomic mass is 16.3. The molecule has 4 nitrogen and oxygen atoms in total. The molecule has 0 unspecified atom stereocenters. The summed E-state index contributed by atoms with van der Waals surface area (Å²) in [5.74, 6) is 0. The molecule has 0 bridgehead atoms. The maximum Gasteiger partial charge on any atom is 0.143 e. The van der Waals surface area contributed by atoms with Crippen LogP contribution in [0.4, 0.5) is 0 Å². The van der Waals surface area contributed by atoms with Crippen LogP contribution >= 0.6 is 0 Å². The predicted molar refractivity (Wildman–Crippen MR) is 266 cm³/mol. The number of benzene rings is 6. The molecule has 64 heavy (non-hydrogen) atoms. The Morgan fingerprint density at radius 1 is 0.516 bits per heavy atom. The van der Waals surface area contributed by atoms with Gasteiger partial charge in [0.2, 0.25) is 0 Å². The fourth-order valence-corrected chi connectivity index (χ4v) is 9.02. The van der Waals surface area contributed by atoms with Gasteiger partial charge < -0.3 is 4.42 Å². The molecule has 0 atom stereocenters. The summed E-state index contributed by atoms with van der Waals surface area (Å²) in [5, 5.41) is 3.55. The smallest absolute Gasteiger partial charge is 0.143 e. The molecule has 0 aliphatic heterocycles. The molecule has 0 aliphatic rings. The Balaban J connectivity index is 1.04. The number of hydrogen-bond donors (Lipinski definition) is 0. The third kappa shape index (κ3) is 8.24. The van der Waals surface area contributed by atoms with Crippen LogP contribution in [0.15, 0.2) is 187 Å². The Hall–Kier alpha value is -7.17. The summed E-state index contributed by atoms with van der Waals surface area (Å²) >= 11 is 0. The quantitative estimate of drug-likeness (QED) is 0.123. The molecule has 0 spiro atoms. The van der Waals surface area contributed by atoms with Crippen LogP contribution in [0.2, 0.25) is 0 Å². The van der Waals surface area contributed by atoms with Gasteiger partial charge in [0.25, 0.3) is 0 Å². The zero-order valence-corrected chi connectivity index (χ0v) is 36.5. The maximum atomic E-state index is 9.81. The average molecular weight is 839 g/mol. The van der Waals surface area contributed by atoms with Crippen molar-refractivity contribution < 1.29 is 14.0 Å². The summed E-state index contributed by atoms with van der Waals surface area (Å²) in [5.41, 5.74) is 8.08. The highest BCUT2D eigenvalue weighted by molar-refractivity contribution is 6.18. The molecule has 314 valence electrons. The first kappa shape index (κ1) is 33.4. The van der Waals surface area contributed by atoms with Crippen LogP contribution in [0.3, 0.4) is 0 Å². The summed E-state index contributed by atoms with van der Waals surface area (Å²) in [6.07, 6.45) is 0.345. The number of pyridine rings is 3. The Bertz CT molecular complexity index is 3450. The number of rotatable bonds is 12. The number of aromatic nitrogens is 3. The van der Waals surface area contributed by atoms with E-state index in [4.69, 9.17) is 23.5 Å². The second kappa shape index (κ2) is 16.8. The molecule has 0 saturated carbocycles. The normalized spacial score (nSPS) is 14.3. The fourth-order valence-electron chi connectivity index (χ4n) is 9.02. The van der Waals surface area contributed by atoms with Crippen molar-refractivity contribution in [2.45, 2.75) is 71.0 Å². The molecular formula is C60H53N3O. The van der Waals surface area contributed by atoms with Gasteiger partial charge in [-0.2, -0.15) is 0 Å². The largest absolute Gasteiger partial charge is 0.455 e. The van der Waals surface area contributed by atoms with E-state index in [0.717, 1.165) is 66.3 Å². The first-order valence-electron chi connectivity index (χ1n) is 25.3. The number of fused-ring (bicyclic) bond motifs is 5. The Labute approximate surface area is 386 Å². The second-order valence-corrected chi connectivity index (χ2v) is 18.1. The molecule has 0 N–H and O–H groups in total. The standard InChI is InChI=1S/C60H53N3O/c1-40-31-55(51-21-14-22-56-57(51)52-28-25-44-15-12-13-20-50(44)58(52)64-56)61-37-47(40)24-23-41-32-42(35-59(2,3)48-26-29-53(62-38-48)45-16-8-6-9-17-45)34-43(33-41)36-60(4,5)49-27-30-54(63-39-49)46-18-10-7-11-19-46/h6-22,25-34,37-39H,23-24,35-36H2,1-5H3/i1D3,23D2,24D2. The predicted octanol–water partition coefficient (Wildman–Crippen LogP) is 15.1. The Morgan fingerprint density at radius 3 is 1.72 bits per heavy atom. The third-order valence-corrected chi connectivity index (χ3v) is 12.5. The van der Waals surface area contributed by atoms with Crippen molar-refractivity contribution in [3.63, 3.8) is 0 Å². The van der Waals surface area contributed by atoms with Crippen LogP contribution in [0.25, 0.3) is 66.5 Å². The monoisotopic (exact) mass is 838 g/mol. The van der Waals surface area contributed by atoms with Crippen molar-refractivity contribution in [3.8, 4) is 33.8 Å². The fraction of sp³-hybridized carbons (Fsp3) is 0.183. The Morgan fingerprint density at radius 2 is 1.11 bits per heavy atom. The summed E-state index contributed by atoms with van der Waals surface area (Å²) in [6, 6.07) is 52.6. The van der Waals surface area contributed by atoms with Crippen LogP contribution in [0.1, 0.15) is 76.2 Å². The highest BCUT2D eigenvalue weighted by Crippen LogP contribution is 2.40. The number of nitrogens with zero attached hydrogens (tertiary/aromatic N) is 3. The van der Waals surface area contributed by atoms with Crippen molar-refractivity contribution in [1.82, 2.24) is 15.0 Å². The summed E-state index contributed by atoms with van der Waals surface area (Å²) in [7, 11) is 0. The lowest BCUT2D eigenvalue weighted by molar-refractivity contribution is 0.512. The molecule has 0 saturated heterocycles. The van der Waals surface area contributed by atoms with Crippen molar-refractivity contribution in [2.24, 2.45) is 0 Å². The molecule has 6 aromatic carbocycles. The molecule has 10 aromatic rings. The zero-order valence-electron chi connectivity index (χ0n) is 43.5. The number of hydrogen-bond acceptors (Lipinski definition) is 4. The van der Waals surface area contributed by atoms with Gasteiger partial charge in [0.15, 0.2) is 0 Å². The topological polar surface area (TPSA) is 51.8 Å². The Kier molecular flexibility index (Phi) is 8.79. The van der Waals surface area contributed by atoms with Crippen molar-refractivity contribution in [2.75, 3.05) is 0 Å². The van der Waals surface area contributed by atoms with Crippen LogP contribution < -0.4 is 0 Å². The molecule has 4 aromatic heterocycles. The van der Waals surface area contributed by atoms with E-state index < -0.39 is 30.4 Å². The first-order valence-corrected chi connectivity index (χ1v) is 21.8. The van der Waals surface area contributed by atoms with E-state index in [1.807, 2.05) is 140 Å². The molecule has 0 aliphatic carbocycles. The van der Waals surface area contributed by atoms with Gasteiger partial charge in [-0.3, -0.25) is 15.0 Å². The van der Waals surface area contributed by atoms with Gasteiger partial charge in [0.1, 0.15) is 11.2 Å². The van der Waals surface area contributed by atoms with Crippen LogP contribution in [-0.4, -0.2) is 15.0 Å². The maximum absolute atomic E-state index is 9.81. The van der Waals surface area contributed by atoms with E-state index in [-0.39, 0.29) is 16.7 Å². The second-order valence-electron chi connectivity index (χ2n) is 18.1. The molecule has 0 radical (unpaired) electrons.